The van der Waals surface area contributed by atoms with Crippen LogP contribution in [-0.4, -0.2) is 38.5 Å². The molecular weight excluding hydrogens is 272 g/mol. The van der Waals surface area contributed by atoms with Crippen molar-refractivity contribution in [3.63, 3.8) is 0 Å². The third-order valence-electron chi connectivity index (χ3n) is 2.47. The van der Waals surface area contributed by atoms with Crippen LogP contribution in [0.25, 0.3) is 0 Å². The Kier molecular flexibility index (Phi) is 6.35. The van der Waals surface area contributed by atoms with Crippen molar-refractivity contribution >= 4 is 34.5 Å². The average molecular weight is 289 g/mol. The van der Waals surface area contributed by atoms with Crippen LogP contribution in [0.2, 0.25) is 5.02 Å². The molecule has 0 aliphatic rings. The Labute approximate surface area is 117 Å². The lowest BCUT2D eigenvalue weighted by atomic mass is 10.1. The van der Waals surface area contributed by atoms with Gasteiger partial charge < -0.3 is 20.5 Å². The van der Waals surface area contributed by atoms with E-state index in [1.807, 2.05) is 12.1 Å². The minimum absolute atomic E-state index is 0.0480. The topological polar surface area (TPSA) is 56.5 Å². The van der Waals surface area contributed by atoms with E-state index in [1.54, 1.807) is 20.3 Å². The SMILES string of the molecule is COCC(CNc1cccc(Cl)c1C(N)=S)OC. The predicted molar refractivity (Wildman–Crippen MR) is 78.5 cm³/mol. The number of methoxy groups -OCH3 is 2. The van der Waals surface area contributed by atoms with E-state index in [2.05, 4.69) is 5.32 Å². The lowest BCUT2D eigenvalue weighted by Crippen LogP contribution is -2.27. The Morgan fingerprint density at radius 1 is 1.50 bits per heavy atom. The summed E-state index contributed by atoms with van der Waals surface area (Å²) in [6.45, 7) is 1.09. The summed E-state index contributed by atoms with van der Waals surface area (Å²) < 4.78 is 10.3. The van der Waals surface area contributed by atoms with Gasteiger partial charge in [0.1, 0.15) is 4.99 Å². The van der Waals surface area contributed by atoms with E-state index in [0.29, 0.717) is 23.7 Å². The summed E-state index contributed by atoms with van der Waals surface area (Å²) in [5.74, 6) is 0. The first-order valence-corrected chi connectivity index (χ1v) is 6.22. The number of ether oxygens (including phenoxy) is 2. The first-order chi connectivity index (χ1) is 8.60. The molecule has 0 aromatic heterocycles. The van der Waals surface area contributed by atoms with Crippen LogP contribution >= 0.6 is 23.8 Å². The molecule has 0 saturated heterocycles. The lowest BCUT2D eigenvalue weighted by molar-refractivity contribution is 0.0365. The molecule has 100 valence electrons. The predicted octanol–water partition coefficient (Wildman–Crippen LogP) is 2.05. The molecular formula is C12H17ClN2O2S. The summed E-state index contributed by atoms with van der Waals surface area (Å²) in [6, 6.07) is 5.47. The van der Waals surface area contributed by atoms with Crippen LogP contribution in [0, 0.1) is 0 Å². The molecule has 0 aliphatic carbocycles. The van der Waals surface area contributed by atoms with Crippen LogP contribution in [0.15, 0.2) is 18.2 Å². The summed E-state index contributed by atoms with van der Waals surface area (Å²) >= 11 is 11.1. The highest BCUT2D eigenvalue weighted by Gasteiger charge is 2.12. The van der Waals surface area contributed by atoms with Crippen molar-refractivity contribution in [3.05, 3.63) is 28.8 Å². The molecule has 1 aromatic carbocycles. The standard InChI is InChI=1S/C12H17ClN2O2S/c1-16-7-8(17-2)6-15-10-5-3-4-9(13)11(10)12(14)18/h3-5,8,15H,6-7H2,1-2H3,(H2,14,18). The highest BCUT2D eigenvalue weighted by atomic mass is 35.5. The molecule has 3 N–H and O–H groups in total. The van der Waals surface area contributed by atoms with Gasteiger partial charge in [-0.1, -0.05) is 29.9 Å². The fraction of sp³-hybridized carbons (Fsp3) is 0.417. The van der Waals surface area contributed by atoms with Gasteiger partial charge in [-0.2, -0.15) is 0 Å². The number of thiocarbonyl (C=S) groups is 1. The fourth-order valence-electron chi connectivity index (χ4n) is 1.54. The molecule has 0 bridgehead atoms. The quantitative estimate of drug-likeness (QED) is 0.752. The normalized spacial score (nSPS) is 12.2. The maximum Gasteiger partial charge on any atom is 0.107 e. The highest BCUT2D eigenvalue weighted by molar-refractivity contribution is 7.80. The number of halogens is 1. The molecule has 0 saturated carbocycles. The van der Waals surface area contributed by atoms with E-state index in [1.165, 1.54) is 0 Å². The number of nitrogens with two attached hydrogens (primary N) is 1. The molecule has 18 heavy (non-hydrogen) atoms. The second-order valence-corrected chi connectivity index (χ2v) is 4.57. The number of anilines is 1. The summed E-state index contributed by atoms with van der Waals surface area (Å²) in [7, 11) is 3.27. The zero-order chi connectivity index (χ0) is 13.5. The van der Waals surface area contributed by atoms with Gasteiger partial charge in [0, 0.05) is 26.5 Å². The summed E-state index contributed by atoms with van der Waals surface area (Å²) in [5, 5.41) is 3.75. The van der Waals surface area contributed by atoms with E-state index in [9.17, 15) is 0 Å². The van der Waals surface area contributed by atoms with E-state index in [0.717, 1.165) is 5.69 Å². The molecule has 1 unspecified atom stereocenters. The van der Waals surface area contributed by atoms with Crippen molar-refractivity contribution in [1.29, 1.82) is 0 Å². The third-order valence-corrected chi connectivity index (χ3v) is 2.99. The molecule has 0 fully saturated rings. The van der Waals surface area contributed by atoms with Gasteiger partial charge in [0.2, 0.25) is 0 Å². The molecule has 0 radical (unpaired) electrons. The van der Waals surface area contributed by atoms with Gasteiger partial charge in [-0.15, -0.1) is 0 Å². The van der Waals surface area contributed by atoms with Crippen LogP contribution < -0.4 is 11.1 Å². The van der Waals surface area contributed by atoms with Crippen molar-refractivity contribution < 1.29 is 9.47 Å². The van der Waals surface area contributed by atoms with Gasteiger partial charge in [0.25, 0.3) is 0 Å². The fourth-order valence-corrected chi connectivity index (χ4v) is 2.09. The van der Waals surface area contributed by atoms with Gasteiger partial charge in [-0.05, 0) is 12.1 Å². The van der Waals surface area contributed by atoms with Gasteiger partial charge in [0.05, 0.1) is 23.3 Å². The van der Waals surface area contributed by atoms with Crippen LogP contribution in [0.4, 0.5) is 5.69 Å². The minimum atomic E-state index is -0.0480. The number of nitrogens with one attached hydrogen (secondary N) is 1. The van der Waals surface area contributed by atoms with Crippen LogP contribution in [-0.2, 0) is 9.47 Å². The lowest BCUT2D eigenvalue weighted by Gasteiger charge is -2.18. The molecule has 0 spiro atoms. The molecule has 0 heterocycles. The number of benzene rings is 1. The van der Waals surface area contributed by atoms with Crippen molar-refractivity contribution in [2.45, 2.75) is 6.10 Å². The highest BCUT2D eigenvalue weighted by Crippen LogP contribution is 2.24. The zero-order valence-electron chi connectivity index (χ0n) is 10.4. The van der Waals surface area contributed by atoms with E-state index >= 15 is 0 Å². The second-order valence-electron chi connectivity index (χ2n) is 3.72. The maximum atomic E-state index is 6.07. The molecule has 4 nitrogen and oxygen atoms in total. The second kappa shape index (κ2) is 7.53. The first-order valence-electron chi connectivity index (χ1n) is 5.44. The van der Waals surface area contributed by atoms with Crippen molar-refractivity contribution in [1.82, 2.24) is 0 Å². The van der Waals surface area contributed by atoms with Gasteiger partial charge in [-0.25, -0.2) is 0 Å². The molecule has 0 aliphatic heterocycles. The average Bonchev–Trinajstić information content (AvgIpc) is 2.33. The van der Waals surface area contributed by atoms with Crippen molar-refractivity contribution in [3.8, 4) is 0 Å². The maximum absolute atomic E-state index is 6.07. The number of hydrogen-bond donors (Lipinski definition) is 2. The summed E-state index contributed by atoms with van der Waals surface area (Å²) in [5.41, 5.74) is 7.12. The Balaban J connectivity index is 2.78. The first kappa shape index (κ1) is 15.2. The largest absolute Gasteiger partial charge is 0.389 e. The van der Waals surface area contributed by atoms with Crippen molar-refractivity contribution in [2.75, 3.05) is 32.7 Å². The van der Waals surface area contributed by atoms with E-state index < -0.39 is 0 Å². The summed E-state index contributed by atoms with van der Waals surface area (Å²) in [4.78, 5) is 0.267. The number of hydrogen-bond acceptors (Lipinski definition) is 4. The summed E-state index contributed by atoms with van der Waals surface area (Å²) in [6.07, 6.45) is -0.0480. The smallest absolute Gasteiger partial charge is 0.107 e. The van der Waals surface area contributed by atoms with Crippen LogP contribution in [0.3, 0.4) is 0 Å². The Morgan fingerprint density at radius 2 is 2.22 bits per heavy atom. The minimum Gasteiger partial charge on any atom is -0.389 e. The Hall–Kier alpha value is -0.880. The molecule has 1 atom stereocenters. The van der Waals surface area contributed by atoms with Gasteiger partial charge >= 0.3 is 0 Å². The van der Waals surface area contributed by atoms with Crippen LogP contribution in [0.5, 0.6) is 0 Å². The monoisotopic (exact) mass is 288 g/mol. The van der Waals surface area contributed by atoms with Gasteiger partial charge in [0.15, 0.2) is 0 Å². The molecule has 1 rings (SSSR count). The van der Waals surface area contributed by atoms with E-state index in [-0.39, 0.29) is 11.1 Å². The third kappa shape index (κ3) is 4.10. The molecule has 6 heteroatoms. The molecule has 1 aromatic rings. The van der Waals surface area contributed by atoms with Crippen LogP contribution in [0.1, 0.15) is 5.56 Å². The van der Waals surface area contributed by atoms with Gasteiger partial charge in [-0.3, -0.25) is 0 Å². The Morgan fingerprint density at radius 3 is 2.78 bits per heavy atom. The number of rotatable bonds is 7. The Bertz CT molecular complexity index is 415. The zero-order valence-corrected chi connectivity index (χ0v) is 12.0. The van der Waals surface area contributed by atoms with E-state index in [4.69, 9.17) is 39.0 Å². The van der Waals surface area contributed by atoms with Crippen molar-refractivity contribution in [2.24, 2.45) is 5.73 Å². The molecule has 0 amide bonds.